The second-order valence-corrected chi connectivity index (χ2v) is 5.16. The molecule has 0 saturated heterocycles. The third-order valence-electron chi connectivity index (χ3n) is 3.85. The fourth-order valence-electron chi connectivity index (χ4n) is 2.84. The maximum atomic E-state index is 6.03. The average molecular weight is 278 g/mol. The van der Waals surface area contributed by atoms with Crippen LogP contribution in [-0.4, -0.2) is 12.9 Å². The number of aryl methyl sites for hydroxylation is 2. The zero-order valence-corrected chi connectivity index (χ0v) is 12.1. The normalized spacial score (nSPS) is 14.6. The first-order valence-corrected chi connectivity index (χ1v) is 7.13. The molecule has 4 heteroatoms. The lowest BCUT2D eigenvalue weighted by Crippen LogP contribution is -2.13. The van der Waals surface area contributed by atoms with Gasteiger partial charge in [-0.2, -0.15) is 5.11 Å². The van der Waals surface area contributed by atoms with E-state index in [0.717, 1.165) is 11.1 Å². The molecule has 0 amide bonds. The molecular formula is C17H18N4. The molecule has 0 saturated carbocycles. The largest absolute Gasteiger partial charge is 0.382 e. The van der Waals surface area contributed by atoms with Gasteiger partial charge in [-0.05, 0) is 46.7 Å². The van der Waals surface area contributed by atoms with Crippen LogP contribution in [-0.2, 0) is 12.8 Å². The van der Waals surface area contributed by atoms with Gasteiger partial charge in [0.25, 0.3) is 0 Å². The highest BCUT2D eigenvalue weighted by molar-refractivity contribution is 6.03. The first kappa shape index (κ1) is 13.5. The van der Waals surface area contributed by atoms with Crippen LogP contribution in [0.4, 0.5) is 0 Å². The van der Waals surface area contributed by atoms with E-state index < -0.39 is 0 Å². The molecule has 1 aliphatic carbocycles. The fraction of sp³-hybridized carbons (Fsp3) is 0.235. The van der Waals surface area contributed by atoms with Crippen LogP contribution in [0.2, 0.25) is 0 Å². The number of hydrogen-bond acceptors (Lipinski definition) is 2. The fourth-order valence-corrected chi connectivity index (χ4v) is 2.84. The van der Waals surface area contributed by atoms with Crippen LogP contribution in [0.15, 0.2) is 57.9 Å². The smallest absolute Gasteiger partial charge is 0.155 e. The van der Waals surface area contributed by atoms with E-state index in [-0.39, 0.29) is 0 Å². The first-order chi connectivity index (χ1) is 10.3. The van der Waals surface area contributed by atoms with Gasteiger partial charge in [0.2, 0.25) is 0 Å². The summed E-state index contributed by atoms with van der Waals surface area (Å²) in [5.74, 6) is 0.386. The van der Waals surface area contributed by atoms with E-state index in [0.29, 0.717) is 5.84 Å². The molecular weight excluding hydrogens is 260 g/mol. The second kappa shape index (κ2) is 5.87. The lowest BCUT2D eigenvalue weighted by atomic mass is 9.96. The summed E-state index contributed by atoms with van der Waals surface area (Å²) in [5.41, 5.74) is 12.1. The molecule has 106 valence electrons. The summed E-state index contributed by atoms with van der Waals surface area (Å²) in [6.45, 7) is 0. The Hall–Kier alpha value is -2.49. The minimum absolute atomic E-state index is 0.386. The van der Waals surface area contributed by atoms with Gasteiger partial charge < -0.3 is 5.73 Å². The third-order valence-corrected chi connectivity index (χ3v) is 3.85. The van der Waals surface area contributed by atoms with Gasteiger partial charge in [-0.25, -0.2) is 0 Å². The highest BCUT2D eigenvalue weighted by atomic mass is 15.4. The lowest BCUT2D eigenvalue weighted by molar-refractivity contribution is 0.912. The first-order valence-electron chi connectivity index (χ1n) is 7.13. The van der Waals surface area contributed by atoms with Gasteiger partial charge in [0.15, 0.2) is 5.84 Å². The molecule has 4 nitrogen and oxygen atoms in total. The van der Waals surface area contributed by atoms with Gasteiger partial charge >= 0.3 is 0 Å². The molecule has 0 radical (unpaired) electrons. The van der Waals surface area contributed by atoms with Crippen molar-refractivity contribution in [2.75, 3.05) is 7.05 Å². The molecule has 0 aliphatic heterocycles. The van der Waals surface area contributed by atoms with Crippen molar-refractivity contribution in [3.63, 3.8) is 0 Å². The summed E-state index contributed by atoms with van der Waals surface area (Å²) in [6, 6.07) is 14.7. The van der Waals surface area contributed by atoms with Crippen molar-refractivity contribution in [2.24, 2.45) is 21.2 Å². The predicted octanol–water partition coefficient (Wildman–Crippen LogP) is 3.54. The number of nitrogens with zero attached hydrogens (tertiary/aromatic N) is 3. The molecule has 1 aliphatic rings. The number of nitrogens with two attached hydrogens (primary N) is 1. The van der Waals surface area contributed by atoms with Crippen molar-refractivity contribution < 1.29 is 0 Å². The van der Waals surface area contributed by atoms with Crippen molar-refractivity contribution in [3.05, 3.63) is 59.2 Å². The van der Waals surface area contributed by atoms with E-state index in [1.54, 1.807) is 7.05 Å². The molecule has 3 rings (SSSR count). The van der Waals surface area contributed by atoms with Gasteiger partial charge in [0.05, 0.1) is 7.05 Å². The van der Waals surface area contributed by atoms with E-state index >= 15 is 0 Å². The van der Waals surface area contributed by atoms with Gasteiger partial charge in [0.1, 0.15) is 0 Å². The van der Waals surface area contributed by atoms with E-state index in [1.165, 1.54) is 36.0 Å². The SMILES string of the molecule is CN=N/N=C(\N)c1ccccc1-c1ccc2c(c1)CCC2. The van der Waals surface area contributed by atoms with E-state index in [9.17, 15) is 0 Å². The Kier molecular flexibility index (Phi) is 3.77. The average Bonchev–Trinajstić information content (AvgIpc) is 3.00. The topological polar surface area (TPSA) is 63.1 Å². The molecule has 0 spiro atoms. The molecule has 21 heavy (non-hydrogen) atoms. The molecule has 0 atom stereocenters. The van der Waals surface area contributed by atoms with Crippen LogP contribution in [0.25, 0.3) is 11.1 Å². The van der Waals surface area contributed by atoms with Gasteiger partial charge in [0, 0.05) is 5.56 Å². The molecule has 0 heterocycles. The maximum absolute atomic E-state index is 6.03. The van der Waals surface area contributed by atoms with Crippen LogP contribution in [0.1, 0.15) is 23.1 Å². The third kappa shape index (κ3) is 2.70. The zero-order valence-electron chi connectivity index (χ0n) is 12.1. The van der Waals surface area contributed by atoms with Crippen molar-refractivity contribution in [1.29, 1.82) is 0 Å². The number of rotatable bonds is 3. The Morgan fingerprint density at radius 3 is 2.71 bits per heavy atom. The maximum Gasteiger partial charge on any atom is 0.155 e. The van der Waals surface area contributed by atoms with E-state index in [1.807, 2.05) is 18.2 Å². The van der Waals surface area contributed by atoms with Crippen molar-refractivity contribution in [2.45, 2.75) is 19.3 Å². The molecule has 0 unspecified atom stereocenters. The number of fused-ring (bicyclic) bond motifs is 1. The minimum atomic E-state index is 0.386. The Labute approximate surface area is 124 Å². The zero-order chi connectivity index (χ0) is 14.7. The summed E-state index contributed by atoms with van der Waals surface area (Å²) in [6.07, 6.45) is 3.61. The van der Waals surface area contributed by atoms with E-state index in [2.05, 4.69) is 39.7 Å². The number of hydrogen-bond donors (Lipinski definition) is 1. The number of amidine groups is 1. The lowest BCUT2D eigenvalue weighted by Gasteiger charge is -2.10. The van der Waals surface area contributed by atoms with Crippen molar-refractivity contribution >= 4 is 5.84 Å². The monoisotopic (exact) mass is 278 g/mol. The second-order valence-electron chi connectivity index (χ2n) is 5.16. The highest BCUT2D eigenvalue weighted by Crippen LogP contribution is 2.29. The number of benzene rings is 2. The van der Waals surface area contributed by atoms with Crippen LogP contribution in [0.3, 0.4) is 0 Å². The Bertz CT molecular complexity index is 716. The molecule has 2 aromatic carbocycles. The predicted molar refractivity (Wildman–Crippen MR) is 85.4 cm³/mol. The summed E-state index contributed by atoms with van der Waals surface area (Å²) in [4.78, 5) is 0. The minimum Gasteiger partial charge on any atom is -0.382 e. The molecule has 0 fully saturated rings. The van der Waals surface area contributed by atoms with Gasteiger partial charge in [-0.1, -0.05) is 42.5 Å². The molecule has 0 bridgehead atoms. The highest BCUT2D eigenvalue weighted by Gasteiger charge is 2.13. The standard InChI is InChI=1S/C17H18N4/c1-19-21-20-17(18)16-8-3-2-7-15(16)14-10-9-12-5-4-6-13(12)11-14/h2-3,7-11H,4-6H2,1H3,(H2,18,19,20). The Morgan fingerprint density at radius 2 is 1.86 bits per heavy atom. The van der Waals surface area contributed by atoms with Gasteiger partial charge in [-0.15, -0.1) is 5.10 Å². The molecule has 0 aromatic heterocycles. The quantitative estimate of drug-likeness (QED) is 0.397. The van der Waals surface area contributed by atoms with Gasteiger partial charge in [-0.3, -0.25) is 0 Å². The van der Waals surface area contributed by atoms with Crippen LogP contribution in [0, 0.1) is 0 Å². The molecule has 2 N–H and O–H groups in total. The van der Waals surface area contributed by atoms with E-state index in [4.69, 9.17) is 5.73 Å². The van der Waals surface area contributed by atoms with Crippen molar-refractivity contribution in [1.82, 2.24) is 0 Å². The Balaban J connectivity index is 2.07. The van der Waals surface area contributed by atoms with Crippen LogP contribution < -0.4 is 5.73 Å². The van der Waals surface area contributed by atoms with Crippen molar-refractivity contribution in [3.8, 4) is 11.1 Å². The molecule has 2 aromatic rings. The van der Waals surface area contributed by atoms with Crippen LogP contribution in [0.5, 0.6) is 0 Å². The van der Waals surface area contributed by atoms with Crippen LogP contribution >= 0.6 is 0 Å². The summed E-state index contributed by atoms with van der Waals surface area (Å²) in [7, 11) is 1.57. The summed E-state index contributed by atoms with van der Waals surface area (Å²) < 4.78 is 0. The summed E-state index contributed by atoms with van der Waals surface area (Å²) >= 11 is 0. The Morgan fingerprint density at radius 1 is 1.05 bits per heavy atom. The summed E-state index contributed by atoms with van der Waals surface area (Å²) in [5, 5.41) is 11.2.